The molecule has 0 amide bonds. The first-order chi connectivity index (χ1) is 32.2. The van der Waals surface area contributed by atoms with Gasteiger partial charge in [0.15, 0.2) is 0 Å². The zero-order chi connectivity index (χ0) is 47.2. The summed E-state index contributed by atoms with van der Waals surface area (Å²) in [7, 11) is 0. The van der Waals surface area contributed by atoms with Crippen molar-refractivity contribution in [2.75, 3.05) is 0 Å². The molecule has 58 heavy (non-hydrogen) atoms. The summed E-state index contributed by atoms with van der Waals surface area (Å²) in [5.41, 5.74) is 5.61. The average molecular weight is 940 g/mol. The van der Waals surface area contributed by atoms with Crippen LogP contribution in [0.4, 0.5) is 0 Å². The van der Waals surface area contributed by atoms with Crippen molar-refractivity contribution in [3.05, 3.63) is 199 Å². The fourth-order valence-corrected chi connectivity index (χ4v) is 7.45. The van der Waals surface area contributed by atoms with Crippen molar-refractivity contribution >= 4 is 32.8 Å². The molecular weight excluding hydrogens is 892 g/mol. The summed E-state index contributed by atoms with van der Waals surface area (Å²) in [4.78, 5) is 4.76. The standard InChI is InChI=1S/C52H38N4O.Pt/c1-35(2)39-29-30-53-50(31-39)56-47-25-11-10-22-45(47)46-28-27-42(33-49(46)56)57-41-21-13-20-40(32-41)54-34-55(51-36(3)15-12-26-48(51)54)52-43(37-16-6-4-7-17-37)23-14-24-44(52)38-18-8-5-9-19-38;/h4-31,35H,1-3H3;/q-2;/i4D,5D,6D,7D,8D,9D,16D,17D,18D,19D;. The number of imidazole rings is 1. The minimum Gasteiger partial charge on any atom is -0.510 e. The number of hydrogen-bond acceptors (Lipinski definition) is 2. The van der Waals surface area contributed by atoms with Crippen LogP contribution < -0.4 is 9.30 Å². The summed E-state index contributed by atoms with van der Waals surface area (Å²) in [6.45, 7) is 6.18. The van der Waals surface area contributed by atoms with Crippen LogP contribution >= 0.6 is 0 Å². The molecule has 7 aromatic carbocycles. The van der Waals surface area contributed by atoms with E-state index in [2.05, 4.69) is 55.1 Å². The van der Waals surface area contributed by atoms with Gasteiger partial charge in [-0.3, -0.25) is 4.57 Å². The molecule has 0 N–H and O–H groups in total. The SMILES string of the molecule is [2H]c1c([2H])c([2H])c(-c2cccc(-c3c([2H])c([2H])c([2H])c([2H])c3[2H])c2-[n+]2[c-]n(-c3[c-]c(Oc4[c-]c5c(cc4)c4ccccc4n5-c4cc(C(C)C)ccn4)ccc3)c3cccc(C)c32)c([2H])c1[2H].[Pt]. The molecule has 0 aliphatic rings. The minimum atomic E-state index is -0.570. The molecule has 0 atom stereocenters. The second kappa shape index (κ2) is 15.4. The van der Waals surface area contributed by atoms with Crippen molar-refractivity contribution in [2.45, 2.75) is 26.7 Å². The van der Waals surface area contributed by atoms with Crippen molar-refractivity contribution in [3.63, 3.8) is 0 Å². The van der Waals surface area contributed by atoms with Crippen LogP contribution in [0.1, 0.15) is 44.6 Å². The normalized spacial score (nSPS) is 13.8. The number of hydrogen-bond donors (Lipinski definition) is 0. The predicted octanol–water partition coefficient (Wildman–Crippen LogP) is 12.4. The van der Waals surface area contributed by atoms with Gasteiger partial charge in [-0.25, -0.2) is 4.98 Å². The van der Waals surface area contributed by atoms with Crippen molar-refractivity contribution in [3.8, 4) is 50.9 Å². The van der Waals surface area contributed by atoms with Crippen molar-refractivity contribution < 1.29 is 44.1 Å². The van der Waals surface area contributed by atoms with Crippen LogP contribution in [0.3, 0.4) is 0 Å². The Labute approximate surface area is 366 Å². The van der Waals surface area contributed by atoms with Gasteiger partial charge in [-0.05, 0) is 75.5 Å². The quantitative estimate of drug-likeness (QED) is 0.112. The van der Waals surface area contributed by atoms with E-state index in [0.717, 1.165) is 38.8 Å². The maximum absolute atomic E-state index is 9.02. The average Bonchev–Trinajstić information content (AvgIpc) is 3.88. The number of benzene rings is 7. The predicted molar refractivity (Wildman–Crippen MR) is 230 cm³/mol. The van der Waals surface area contributed by atoms with Gasteiger partial charge in [0.05, 0.1) is 30.4 Å². The van der Waals surface area contributed by atoms with Crippen LogP contribution in [-0.2, 0) is 21.1 Å². The van der Waals surface area contributed by atoms with Crippen LogP contribution in [0.25, 0.3) is 72.3 Å². The maximum Gasteiger partial charge on any atom is 0.268 e. The van der Waals surface area contributed by atoms with E-state index in [0.29, 0.717) is 34.1 Å². The van der Waals surface area contributed by atoms with Gasteiger partial charge in [-0.2, -0.15) is 18.2 Å². The molecule has 0 saturated heterocycles. The maximum atomic E-state index is 9.02. The Bertz CT molecular complexity index is 3550. The zero-order valence-corrected chi connectivity index (χ0v) is 33.8. The summed E-state index contributed by atoms with van der Waals surface area (Å²) in [6, 6.07) is 33.6. The molecule has 0 spiro atoms. The fraction of sp³-hybridized carbons (Fsp3) is 0.0769. The Morgan fingerprint density at radius 3 is 2.10 bits per heavy atom. The first kappa shape index (κ1) is 27.1. The Hall–Kier alpha value is -6.55. The van der Waals surface area contributed by atoms with Crippen LogP contribution in [-0.4, -0.2) is 14.1 Å². The van der Waals surface area contributed by atoms with Crippen LogP contribution in [0, 0.1) is 25.4 Å². The van der Waals surface area contributed by atoms with Gasteiger partial charge in [0.25, 0.3) is 6.33 Å². The van der Waals surface area contributed by atoms with E-state index < -0.39 is 60.4 Å². The van der Waals surface area contributed by atoms with Gasteiger partial charge < -0.3 is 13.9 Å². The number of nitrogens with zero attached hydrogens (tertiary/aromatic N) is 4. The molecule has 0 aliphatic heterocycles. The fourth-order valence-electron chi connectivity index (χ4n) is 7.45. The largest absolute Gasteiger partial charge is 0.510 e. The zero-order valence-electron chi connectivity index (χ0n) is 41.5. The number of fused-ring (bicyclic) bond motifs is 4. The summed E-state index contributed by atoms with van der Waals surface area (Å²) in [5.74, 6) is 1.87. The van der Waals surface area contributed by atoms with E-state index in [1.807, 2.05) is 73.8 Å². The number of para-hydroxylation sites is 3. The third-order valence-electron chi connectivity index (χ3n) is 10.1. The van der Waals surface area contributed by atoms with Crippen molar-refractivity contribution in [1.29, 1.82) is 0 Å². The molecule has 0 radical (unpaired) electrons. The molecule has 5 nitrogen and oxygen atoms in total. The molecule has 0 aliphatic carbocycles. The smallest absolute Gasteiger partial charge is 0.268 e. The van der Waals surface area contributed by atoms with Gasteiger partial charge in [-0.15, -0.1) is 29.7 Å². The van der Waals surface area contributed by atoms with E-state index in [1.165, 1.54) is 0 Å². The molecule has 0 bridgehead atoms. The number of rotatable bonds is 8. The molecule has 0 unspecified atom stereocenters. The molecule has 0 fully saturated rings. The molecule has 10 aromatic rings. The summed E-state index contributed by atoms with van der Waals surface area (Å²) in [5, 5.41) is 2.03. The number of pyridine rings is 1. The second-order valence-electron chi connectivity index (χ2n) is 14.0. The van der Waals surface area contributed by atoms with E-state index in [4.69, 9.17) is 23.4 Å². The van der Waals surface area contributed by atoms with Crippen LogP contribution in [0.5, 0.6) is 11.5 Å². The number of ether oxygens (including phenoxy) is 1. The second-order valence-corrected chi connectivity index (χ2v) is 14.0. The topological polar surface area (TPSA) is 35.9 Å². The van der Waals surface area contributed by atoms with Gasteiger partial charge >= 0.3 is 0 Å². The van der Waals surface area contributed by atoms with E-state index >= 15 is 0 Å². The van der Waals surface area contributed by atoms with Crippen molar-refractivity contribution in [1.82, 2.24) is 14.1 Å². The number of aromatic nitrogens is 4. The minimum absolute atomic E-state index is 0. The first-order valence-electron chi connectivity index (χ1n) is 23.5. The molecule has 3 heterocycles. The van der Waals surface area contributed by atoms with E-state index in [-0.39, 0.29) is 49.0 Å². The number of aryl methyl sites for hydroxylation is 1. The van der Waals surface area contributed by atoms with Crippen molar-refractivity contribution in [2.24, 2.45) is 0 Å². The van der Waals surface area contributed by atoms with Gasteiger partial charge in [0.2, 0.25) is 0 Å². The molecule has 0 saturated carbocycles. The van der Waals surface area contributed by atoms with E-state index in [9.17, 15) is 0 Å². The van der Waals surface area contributed by atoms with Crippen LogP contribution in [0.2, 0.25) is 0 Å². The third kappa shape index (κ3) is 6.52. The Morgan fingerprint density at radius 1 is 0.690 bits per heavy atom. The molecule has 3 aromatic heterocycles. The van der Waals surface area contributed by atoms with E-state index in [1.54, 1.807) is 33.4 Å². The third-order valence-corrected chi connectivity index (χ3v) is 10.1. The Balaban J connectivity index is 0.00000578. The van der Waals surface area contributed by atoms with Gasteiger partial charge in [0.1, 0.15) is 5.82 Å². The summed E-state index contributed by atoms with van der Waals surface area (Å²) < 4.78 is 99.0. The first-order valence-corrected chi connectivity index (χ1v) is 18.5. The van der Waals surface area contributed by atoms with Gasteiger partial charge in [-0.1, -0.05) is 134 Å². The Kier molecular flexibility index (Phi) is 7.22. The summed E-state index contributed by atoms with van der Waals surface area (Å²) in [6.07, 6.45) is 5.26. The van der Waals surface area contributed by atoms with Gasteiger partial charge in [0, 0.05) is 44.3 Å². The molecule has 10 rings (SSSR count). The molecule has 284 valence electrons. The van der Waals surface area contributed by atoms with Crippen LogP contribution in [0.15, 0.2) is 170 Å². The monoisotopic (exact) mass is 939 g/mol. The molecule has 6 heteroatoms. The Morgan fingerprint density at radius 2 is 1.36 bits per heavy atom. The molecular formula is C52H38N4OPt-2. The summed E-state index contributed by atoms with van der Waals surface area (Å²) >= 11 is 0.